The molecule has 0 unspecified atom stereocenters. The molecule has 7 heteroatoms. The summed E-state index contributed by atoms with van der Waals surface area (Å²) in [6.07, 6.45) is 2.14. The molecule has 32 heavy (non-hydrogen) atoms. The molecule has 1 fully saturated rings. The number of rotatable bonds is 6. The van der Waals surface area contributed by atoms with E-state index in [1.807, 2.05) is 18.2 Å². The molecule has 2 aromatic carbocycles. The summed E-state index contributed by atoms with van der Waals surface area (Å²) in [6, 6.07) is 18.4. The average Bonchev–Trinajstić information content (AvgIpc) is 3.51. The van der Waals surface area contributed by atoms with Crippen LogP contribution in [-0.2, 0) is 10.2 Å². The van der Waals surface area contributed by atoms with Crippen LogP contribution in [0.1, 0.15) is 31.0 Å². The molecule has 0 saturated heterocycles. The molecule has 1 atom stereocenters. The molecule has 162 valence electrons. The number of carboxylic acids is 1. The van der Waals surface area contributed by atoms with Crippen LogP contribution in [0.2, 0.25) is 0 Å². The Bertz CT molecular complexity index is 1320. The maximum atomic E-state index is 15.0. The minimum atomic E-state index is -0.964. The summed E-state index contributed by atoms with van der Waals surface area (Å²) in [5, 5.41) is 9.76. The lowest BCUT2D eigenvalue weighted by Gasteiger charge is -2.23. The molecule has 1 N–H and O–H groups in total. The highest BCUT2D eigenvalue weighted by Crippen LogP contribution is 2.53. The summed E-state index contributed by atoms with van der Waals surface area (Å²) in [5.41, 5.74) is 3.92. The third kappa shape index (κ3) is 3.42. The van der Waals surface area contributed by atoms with E-state index in [1.165, 1.54) is 27.9 Å². The first-order chi connectivity index (χ1) is 15.4. The van der Waals surface area contributed by atoms with Gasteiger partial charge in [-0.2, -0.15) is 0 Å². The summed E-state index contributed by atoms with van der Waals surface area (Å²) in [5.74, 6) is -1.40. The number of benzene rings is 2. The van der Waals surface area contributed by atoms with Gasteiger partial charge in [0.1, 0.15) is 27.2 Å². The Kier molecular flexibility index (Phi) is 4.93. The highest BCUT2D eigenvalue weighted by atomic mass is 32.1. The zero-order valence-electron chi connectivity index (χ0n) is 17.7. The van der Waals surface area contributed by atoms with Crippen LogP contribution >= 0.6 is 11.3 Å². The maximum Gasteiger partial charge on any atom is 0.326 e. The van der Waals surface area contributed by atoms with E-state index in [-0.39, 0.29) is 5.41 Å². The monoisotopic (exact) mass is 447 g/mol. The van der Waals surface area contributed by atoms with Crippen molar-refractivity contribution in [3.05, 3.63) is 77.7 Å². The third-order valence-electron chi connectivity index (χ3n) is 6.35. The van der Waals surface area contributed by atoms with Crippen molar-refractivity contribution < 1.29 is 14.3 Å². The number of carbonyl (C=O) groups is 1. The van der Waals surface area contributed by atoms with Gasteiger partial charge >= 0.3 is 5.97 Å². The number of carboxylic acid groups (broad SMARTS) is 1. The van der Waals surface area contributed by atoms with Crippen LogP contribution in [0.15, 0.2) is 60.7 Å². The first-order valence-electron chi connectivity index (χ1n) is 10.5. The Labute approximate surface area is 189 Å². The Morgan fingerprint density at radius 1 is 1.12 bits per heavy atom. The molecule has 0 spiro atoms. The zero-order chi connectivity index (χ0) is 22.5. The van der Waals surface area contributed by atoms with E-state index in [2.05, 4.69) is 29.2 Å². The summed E-state index contributed by atoms with van der Waals surface area (Å²) in [6.45, 7) is 1.56. The largest absolute Gasteiger partial charge is 0.480 e. The molecule has 5 rings (SSSR count). The lowest BCUT2D eigenvalue weighted by molar-refractivity contribution is -0.138. The highest BCUT2D eigenvalue weighted by Gasteiger charge is 2.47. The minimum absolute atomic E-state index is 0.0298. The van der Waals surface area contributed by atoms with Crippen LogP contribution in [0.3, 0.4) is 0 Å². The summed E-state index contributed by atoms with van der Waals surface area (Å²) in [4.78, 5) is 23.1. The first kappa shape index (κ1) is 20.6. The fourth-order valence-corrected chi connectivity index (χ4v) is 5.02. The lowest BCUT2D eigenvalue weighted by atomic mass is 9.92. The highest BCUT2D eigenvalue weighted by molar-refractivity contribution is 7.21. The van der Waals surface area contributed by atoms with Crippen LogP contribution in [0.4, 0.5) is 10.1 Å². The van der Waals surface area contributed by atoms with Gasteiger partial charge in [0.25, 0.3) is 0 Å². The summed E-state index contributed by atoms with van der Waals surface area (Å²) < 4.78 is 15.0. The third-order valence-corrected chi connectivity index (χ3v) is 7.35. The van der Waals surface area contributed by atoms with Crippen molar-refractivity contribution in [3.63, 3.8) is 0 Å². The van der Waals surface area contributed by atoms with Crippen LogP contribution in [0, 0.1) is 5.82 Å². The Hall–Kier alpha value is -3.32. The predicted molar refractivity (Wildman–Crippen MR) is 125 cm³/mol. The standard InChI is InChI=1S/C25H22FN3O2S/c1-15(24(30)31)29(2)17-8-9-18(19(26)14-17)22-27-20-10-11-21(28-23(20)32-22)25(12-13-25)16-6-4-3-5-7-16/h3-11,14-15H,12-13H2,1-2H3,(H,30,31)/t15-/m1/s1. The Morgan fingerprint density at radius 2 is 1.88 bits per heavy atom. The average molecular weight is 448 g/mol. The van der Waals surface area contributed by atoms with E-state index in [4.69, 9.17) is 4.98 Å². The molecule has 1 aliphatic rings. The van der Waals surface area contributed by atoms with Crippen molar-refractivity contribution in [2.24, 2.45) is 0 Å². The normalized spacial score (nSPS) is 15.5. The van der Waals surface area contributed by atoms with Gasteiger partial charge in [-0.25, -0.2) is 19.2 Å². The van der Waals surface area contributed by atoms with Crippen molar-refractivity contribution >= 4 is 33.3 Å². The van der Waals surface area contributed by atoms with Gasteiger partial charge in [0.15, 0.2) is 0 Å². The number of thiazole rings is 1. The predicted octanol–water partition coefficient (Wildman–Crippen LogP) is 5.49. The number of fused-ring (bicyclic) bond motifs is 1. The van der Waals surface area contributed by atoms with Gasteiger partial charge in [0.2, 0.25) is 0 Å². The SMILES string of the molecule is C[C@H](C(=O)O)N(C)c1ccc(-c2nc3ccc(C4(c5ccccc5)CC4)nc3s2)c(F)c1. The van der Waals surface area contributed by atoms with Gasteiger partial charge in [-0.05, 0) is 55.7 Å². The molecule has 1 aliphatic carbocycles. The molecule has 4 aromatic rings. The van der Waals surface area contributed by atoms with Crippen molar-refractivity contribution in [2.45, 2.75) is 31.2 Å². The number of nitrogens with zero attached hydrogens (tertiary/aromatic N) is 3. The molecule has 0 aliphatic heterocycles. The van der Waals surface area contributed by atoms with Crippen LogP contribution in [-0.4, -0.2) is 34.1 Å². The number of hydrogen-bond acceptors (Lipinski definition) is 5. The van der Waals surface area contributed by atoms with E-state index < -0.39 is 17.8 Å². The van der Waals surface area contributed by atoms with Gasteiger partial charge in [-0.3, -0.25) is 0 Å². The molecule has 0 radical (unpaired) electrons. The molecular weight excluding hydrogens is 425 g/mol. The van der Waals surface area contributed by atoms with Gasteiger partial charge in [0.05, 0.1) is 5.69 Å². The zero-order valence-corrected chi connectivity index (χ0v) is 18.6. The van der Waals surface area contributed by atoms with Gasteiger partial charge < -0.3 is 10.0 Å². The topological polar surface area (TPSA) is 66.3 Å². The van der Waals surface area contributed by atoms with Crippen molar-refractivity contribution in [1.29, 1.82) is 0 Å². The van der Waals surface area contributed by atoms with Crippen LogP contribution in [0.25, 0.3) is 20.9 Å². The number of aromatic nitrogens is 2. The molecule has 1 saturated carbocycles. The second-order valence-corrected chi connectivity index (χ2v) is 9.25. The first-order valence-corrected chi connectivity index (χ1v) is 11.3. The summed E-state index contributed by atoms with van der Waals surface area (Å²) in [7, 11) is 1.64. The van der Waals surface area contributed by atoms with Crippen LogP contribution < -0.4 is 4.90 Å². The molecule has 2 heterocycles. The smallest absolute Gasteiger partial charge is 0.326 e. The number of halogens is 1. The second kappa shape index (κ2) is 7.67. The quantitative estimate of drug-likeness (QED) is 0.424. The number of pyridine rings is 1. The fourth-order valence-electron chi connectivity index (χ4n) is 4.06. The minimum Gasteiger partial charge on any atom is -0.480 e. The molecular formula is C25H22FN3O2S. The van der Waals surface area contributed by atoms with Crippen molar-refractivity contribution in [2.75, 3.05) is 11.9 Å². The van der Waals surface area contributed by atoms with E-state index in [0.29, 0.717) is 16.3 Å². The number of anilines is 1. The van der Waals surface area contributed by atoms with Gasteiger partial charge in [-0.1, -0.05) is 41.7 Å². The Morgan fingerprint density at radius 3 is 2.53 bits per heavy atom. The van der Waals surface area contributed by atoms with E-state index in [1.54, 1.807) is 26.1 Å². The van der Waals surface area contributed by atoms with Crippen LogP contribution in [0.5, 0.6) is 0 Å². The van der Waals surface area contributed by atoms with Crippen molar-refractivity contribution in [3.8, 4) is 10.6 Å². The molecule has 2 aromatic heterocycles. The lowest BCUT2D eigenvalue weighted by Crippen LogP contribution is -2.35. The maximum absolute atomic E-state index is 15.0. The number of likely N-dealkylation sites (N-methyl/N-ethyl adjacent to an activating group) is 1. The number of aliphatic carboxylic acids is 1. The second-order valence-electron chi connectivity index (χ2n) is 8.28. The molecule has 0 bridgehead atoms. The molecule has 5 nitrogen and oxygen atoms in total. The van der Waals surface area contributed by atoms with Crippen molar-refractivity contribution in [1.82, 2.24) is 9.97 Å². The van der Waals surface area contributed by atoms with E-state index in [0.717, 1.165) is 28.9 Å². The van der Waals surface area contributed by atoms with E-state index >= 15 is 0 Å². The van der Waals surface area contributed by atoms with Gasteiger partial charge in [0, 0.05) is 23.7 Å². The fraction of sp³-hybridized carbons (Fsp3) is 0.240. The number of hydrogen-bond donors (Lipinski definition) is 1. The Balaban J connectivity index is 1.48. The summed E-state index contributed by atoms with van der Waals surface area (Å²) >= 11 is 1.37. The van der Waals surface area contributed by atoms with Gasteiger partial charge in [-0.15, -0.1) is 0 Å². The van der Waals surface area contributed by atoms with E-state index in [9.17, 15) is 14.3 Å². The molecule has 0 amide bonds.